The van der Waals surface area contributed by atoms with Gasteiger partial charge in [0.2, 0.25) is 12.2 Å². The maximum atomic E-state index is 10.2. The van der Waals surface area contributed by atoms with Crippen LogP contribution in [0.2, 0.25) is 0 Å². The molecule has 16 heavy (non-hydrogen) atoms. The van der Waals surface area contributed by atoms with Gasteiger partial charge in [0.1, 0.15) is 0 Å². The van der Waals surface area contributed by atoms with Gasteiger partial charge >= 0.3 is 0 Å². The van der Waals surface area contributed by atoms with Crippen molar-refractivity contribution >= 4 is 12.2 Å². The molecule has 0 fully saturated rings. The molecule has 0 radical (unpaired) electrons. The van der Waals surface area contributed by atoms with Crippen LogP contribution in [0.1, 0.15) is 11.1 Å². The minimum atomic E-state index is -0.333. The average Bonchev–Trinajstić information content (AvgIpc) is 2.26. The Labute approximate surface area is 93.7 Å². The lowest BCUT2D eigenvalue weighted by Crippen LogP contribution is -2.12. The Morgan fingerprint density at radius 1 is 1.31 bits per heavy atom. The second-order valence-corrected chi connectivity index (χ2v) is 3.50. The van der Waals surface area contributed by atoms with Crippen LogP contribution in [0.15, 0.2) is 34.3 Å². The molecule has 4 nitrogen and oxygen atoms in total. The molecule has 0 N–H and O–H groups in total. The fourth-order valence-corrected chi connectivity index (χ4v) is 1.48. The lowest BCUT2D eigenvalue weighted by atomic mass is 10.0. The monoisotopic (exact) mass is 216 g/mol. The number of aryl methyl sites for hydroxylation is 1. The number of rotatable bonds is 5. The van der Waals surface area contributed by atoms with E-state index >= 15 is 0 Å². The summed E-state index contributed by atoms with van der Waals surface area (Å²) >= 11 is 0. The van der Waals surface area contributed by atoms with Gasteiger partial charge in [-0.1, -0.05) is 29.8 Å². The van der Waals surface area contributed by atoms with Crippen molar-refractivity contribution in [1.82, 2.24) is 0 Å². The molecule has 82 valence electrons. The molecule has 0 saturated carbocycles. The number of aliphatic imine (C=N–C) groups is 2. The standard InChI is InChI=1S/C12H12N2O2/c1-10-3-2-4-11(5-10)6-12(14-9-16)7-13-8-15/h2-5,12H,6-7H2,1H3. The van der Waals surface area contributed by atoms with Crippen LogP contribution >= 0.6 is 0 Å². The summed E-state index contributed by atoms with van der Waals surface area (Å²) in [7, 11) is 0. The number of hydrogen-bond donors (Lipinski definition) is 0. The number of isocyanates is 2. The molecule has 1 unspecified atom stereocenters. The first-order valence-corrected chi connectivity index (χ1v) is 4.92. The number of benzene rings is 1. The van der Waals surface area contributed by atoms with Crippen molar-refractivity contribution in [3.05, 3.63) is 35.4 Å². The molecule has 4 heteroatoms. The Bertz CT molecular complexity index is 444. The molecule has 1 rings (SSSR count). The van der Waals surface area contributed by atoms with Gasteiger partial charge in [-0.3, -0.25) is 0 Å². The van der Waals surface area contributed by atoms with Gasteiger partial charge in [0.05, 0.1) is 12.6 Å². The van der Waals surface area contributed by atoms with E-state index in [0.717, 1.165) is 11.1 Å². The zero-order valence-corrected chi connectivity index (χ0v) is 9.01. The van der Waals surface area contributed by atoms with E-state index in [1.165, 1.54) is 12.2 Å². The largest absolute Gasteiger partial charge is 0.235 e. The van der Waals surface area contributed by atoms with E-state index in [-0.39, 0.29) is 12.6 Å². The maximum absolute atomic E-state index is 10.2. The fraction of sp³-hybridized carbons (Fsp3) is 0.333. The van der Waals surface area contributed by atoms with E-state index in [9.17, 15) is 9.59 Å². The summed E-state index contributed by atoms with van der Waals surface area (Å²) in [6, 6.07) is 7.56. The summed E-state index contributed by atoms with van der Waals surface area (Å²) < 4.78 is 0. The lowest BCUT2D eigenvalue weighted by molar-refractivity contribution is 0.550. The summed E-state index contributed by atoms with van der Waals surface area (Å²) in [5.41, 5.74) is 2.20. The quantitative estimate of drug-likeness (QED) is 0.554. The summed E-state index contributed by atoms with van der Waals surface area (Å²) in [5.74, 6) is 0. The molecule has 0 heterocycles. The Balaban J connectivity index is 2.74. The molecule has 0 amide bonds. The van der Waals surface area contributed by atoms with Crippen molar-refractivity contribution in [2.45, 2.75) is 19.4 Å². The van der Waals surface area contributed by atoms with E-state index in [0.29, 0.717) is 6.42 Å². The van der Waals surface area contributed by atoms with Crippen LogP contribution in [0.3, 0.4) is 0 Å². The Kier molecular flexibility index (Phi) is 4.87. The zero-order chi connectivity index (χ0) is 11.8. The molecule has 0 saturated heterocycles. The predicted molar refractivity (Wildman–Crippen MR) is 59.8 cm³/mol. The van der Waals surface area contributed by atoms with Gasteiger partial charge in [-0.05, 0) is 18.9 Å². The summed E-state index contributed by atoms with van der Waals surface area (Å²) in [6.45, 7) is 2.16. The third-order valence-corrected chi connectivity index (χ3v) is 2.16. The van der Waals surface area contributed by atoms with Crippen LogP contribution in [0.4, 0.5) is 0 Å². The van der Waals surface area contributed by atoms with Crippen LogP contribution in [-0.2, 0) is 16.0 Å². The van der Waals surface area contributed by atoms with Gasteiger partial charge in [0, 0.05) is 0 Å². The molecule has 1 aromatic rings. The molecule has 0 aliphatic rings. The first-order valence-electron chi connectivity index (χ1n) is 4.92. The predicted octanol–water partition coefficient (Wildman–Crippen LogP) is 1.58. The molecule has 1 aromatic carbocycles. The minimum Gasteiger partial charge on any atom is -0.211 e. The molecule has 1 atom stereocenters. The Morgan fingerprint density at radius 2 is 2.12 bits per heavy atom. The smallest absolute Gasteiger partial charge is 0.211 e. The van der Waals surface area contributed by atoms with E-state index in [4.69, 9.17) is 0 Å². The molecule has 0 bridgehead atoms. The van der Waals surface area contributed by atoms with Crippen LogP contribution < -0.4 is 0 Å². The van der Waals surface area contributed by atoms with E-state index in [1.54, 1.807) is 0 Å². The topological polar surface area (TPSA) is 58.9 Å². The SMILES string of the molecule is Cc1cccc(CC(CN=C=O)N=C=O)c1. The maximum Gasteiger partial charge on any atom is 0.235 e. The molecule has 0 aliphatic carbocycles. The van der Waals surface area contributed by atoms with Gasteiger partial charge in [-0.25, -0.2) is 19.6 Å². The summed E-state index contributed by atoms with van der Waals surface area (Å²) in [6.07, 6.45) is 3.51. The summed E-state index contributed by atoms with van der Waals surface area (Å²) in [4.78, 5) is 27.2. The van der Waals surface area contributed by atoms with Crippen molar-refractivity contribution in [3.8, 4) is 0 Å². The average molecular weight is 216 g/mol. The van der Waals surface area contributed by atoms with E-state index in [1.807, 2.05) is 31.2 Å². The fourth-order valence-electron chi connectivity index (χ4n) is 1.48. The van der Waals surface area contributed by atoms with Gasteiger partial charge in [0.15, 0.2) is 0 Å². The van der Waals surface area contributed by atoms with Crippen LogP contribution in [0.25, 0.3) is 0 Å². The highest BCUT2D eigenvalue weighted by atomic mass is 16.1. The number of hydrogen-bond acceptors (Lipinski definition) is 4. The van der Waals surface area contributed by atoms with Crippen LogP contribution in [0.5, 0.6) is 0 Å². The second-order valence-electron chi connectivity index (χ2n) is 3.50. The van der Waals surface area contributed by atoms with Crippen molar-refractivity contribution in [2.24, 2.45) is 9.98 Å². The van der Waals surface area contributed by atoms with Gasteiger partial charge < -0.3 is 0 Å². The highest BCUT2D eigenvalue weighted by Gasteiger charge is 2.07. The molecule has 0 aliphatic heterocycles. The normalized spacial score (nSPS) is 11.1. The summed E-state index contributed by atoms with van der Waals surface area (Å²) in [5, 5.41) is 0. The van der Waals surface area contributed by atoms with Crippen molar-refractivity contribution in [2.75, 3.05) is 6.54 Å². The van der Waals surface area contributed by atoms with Crippen LogP contribution in [0, 0.1) is 6.92 Å². The third kappa shape index (κ3) is 4.01. The highest BCUT2D eigenvalue weighted by molar-refractivity contribution is 5.35. The molecular weight excluding hydrogens is 204 g/mol. The van der Waals surface area contributed by atoms with E-state index < -0.39 is 0 Å². The van der Waals surface area contributed by atoms with Crippen LogP contribution in [-0.4, -0.2) is 24.7 Å². The Hall–Kier alpha value is -2.02. The lowest BCUT2D eigenvalue weighted by Gasteiger charge is -2.07. The highest BCUT2D eigenvalue weighted by Crippen LogP contribution is 2.08. The first-order chi connectivity index (χ1) is 7.76. The number of nitrogens with zero attached hydrogens (tertiary/aromatic N) is 2. The second kappa shape index (κ2) is 6.46. The third-order valence-electron chi connectivity index (χ3n) is 2.16. The van der Waals surface area contributed by atoms with Gasteiger partial charge in [0.25, 0.3) is 0 Å². The van der Waals surface area contributed by atoms with Crippen molar-refractivity contribution in [1.29, 1.82) is 0 Å². The van der Waals surface area contributed by atoms with Crippen molar-refractivity contribution < 1.29 is 9.59 Å². The van der Waals surface area contributed by atoms with Gasteiger partial charge in [-0.15, -0.1) is 0 Å². The first kappa shape index (κ1) is 12.1. The molecular formula is C12H12N2O2. The van der Waals surface area contributed by atoms with Gasteiger partial charge in [-0.2, -0.15) is 0 Å². The number of carbonyl (C=O) groups excluding carboxylic acids is 2. The minimum absolute atomic E-state index is 0.173. The van der Waals surface area contributed by atoms with Crippen molar-refractivity contribution in [3.63, 3.8) is 0 Å². The van der Waals surface area contributed by atoms with E-state index in [2.05, 4.69) is 9.98 Å². The zero-order valence-electron chi connectivity index (χ0n) is 9.01. The Morgan fingerprint density at radius 3 is 2.75 bits per heavy atom. The molecule has 0 spiro atoms. The molecule has 0 aromatic heterocycles.